The summed E-state index contributed by atoms with van der Waals surface area (Å²) in [6.45, 7) is 2.80. The van der Waals surface area contributed by atoms with Crippen molar-refractivity contribution in [2.45, 2.75) is 103 Å². The van der Waals surface area contributed by atoms with Gasteiger partial charge in [0, 0.05) is 4.47 Å². The lowest BCUT2D eigenvalue weighted by Crippen LogP contribution is -2.07. The van der Waals surface area contributed by atoms with Gasteiger partial charge in [-0.15, -0.1) is 0 Å². The number of ether oxygens (including phenoxy) is 1. The SMILES string of the molecule is CCCCCCCCCCCCCCCCCOC(=O)c1ccccc1Br. The summed E-state index contributed by atoms with van der Waals surface area (Å²) in [5.74, 6) is -0.229. The van der Waals surface area contributed by atoms with Crippen molar-refractivity contribution in [3.63, 3.8) is 0 Å². The first-order valence-electron chi connectivity index (χ1n) is 11.2. The molecule has 3 heteroatoms. The highest BCUT2D eigenvalue weighted by molar-refractivity contribution is 9.10. The molecule has 0 aliphatic heterocycles. The van der Waals surface area contributed by atoms with Gasteiger partial charge in [-0.3, -0.25) is 0 Å². The van der Waals surface area contributed by atoms with Crippen molar-refractivity contribution < 1.29 is 9.53 Å². The van der Waals surface area contributed by atoms with Crippen LogP contribution in [0.25, 0.3) is 0 Å². The number of carbonyl (C=O) groups is 1. The summed E-state index contributed by atoms with van der Waals surface area (Å²) in [5, 5.41) is 0. The molecule has 0 aliphatic carbocycles. The molecule has 1 aromatic rings. The third kappa shape index (κ3) is 13.1. The van der Waals surface area contributed by atoms with E-state index in [1.54, 1.807) is 6.07 Å². The summed E-state index contributed by atoms with van der Waals surface area (Å²) in [6.07, 6.45) is 20.2. The van der Waals surface area contributed by atoms with Gasteiger partial charge in [-0.2, -0.15) is 0 Å². The van der Waals surface area contributed by atoms with Crippen molar-refractivity contribution in [1.82, 2.24) is 0 Å². The van der Waals surface area contributed by atoms with E-state index in [0.29, 0.717) is 12.2 Å². The molecule has 0 aromatic heterocycles. The lowest BCUT2D eigenvalue weighted by atomic mass is 10.0. The van der Waals surface area contributed by atoms with Gasteiger partial charge < -0.3 is 4.74 Å². The molecule has 0 heterocycles. The number of hydrogen-bond acceptors (Lipinski definition) is 2. The second-order valence-electron chi connectivity index (χ2n) is 7.57. The normalized spacial score (nSPS) is 10.9. The van der Waals surface area contributed by atoms with Crippen LogP contribution >= 0.6 is 15.9 Å². The first-order chi connectivity index (χ1) is 13.3. The molecule has 0 spiro atoms. The van der Waals surface area contributed by atoms with E-state index in [1.807, 2.05) is 18.2 Å². The zero-order valence-electron chi connectivity index (χ0n) is 17.3. The molecule has 0 aliphatic rings. The van der Waals surface area contributed by atoms with Crippen molar-refractivity contribution >= 4 is 21.9 Å². The van der Waals surface area contributed by atoms with Gasteiger partial charge >= 0.3 is 5.97 Å². The zero-order chi connectivity index (χ0) is 19.6. The molecular formula is C24H39BrO2. The third-order valence-corrected chi connectivity index (χ3v) is 5.77. The Morgan fingerprint density at radius 3 is 1.67 bits per heavy atom. The first kappa shape index (κ1) is 24.2. The topological polar surface area (TPSA) is 26.3 Å². The summed E-state index contributed by atoms with van der Waals surface area (Å²) in [5.41, 5.74) is 0.610. The lowest BCUT2D eigenvalue weighted by Gasteiger charge is -2.06. The van der Waals surface area contributed by atoms with Gasteiger partial charge in [-0.05, 0) is 34.5 Å². The van der Waals surface area contributed by atoms with Crippen molar-refractivity contribution in [3.05, 3.63) is 34.3 Å². The highest BCUT2D eigenvalue weighted by Crippen LogP contribution is 2.17. The Morgan fingerprint density at radius 1 is 0.741 bits per heavy atom. The molecule has 2 nitrogen and oxygen atoms in total. The maximum Gasteiger partial charge on any atom is 0.339 e. The van der Waals surface area contributed by atoms with E-state index < -0.39 is 0 Å². The number of halogens is 1. The summed E-state index contributed by atoms with van der Waals surface area (Å²) in [4.78, 5) is 12.0. The molecule has 0 amide bonds. The largest absolute Gasteiger partial charge is 0.462 e. The summed E-state index contributed by atoms with van der Waals surface area (Å²) >= 11 is 3.39. The highest BCUT2D eigenvalue weighted by atomic mass is 79.9. The molecule has 27 heavy (non-hydrogen) atoms. The summed E-state index contributed by atoms with van der Waals surface area (Å²) in [7, 11) is 0. The van der Waals surface area contributed by atoms with Crippen LogP contribution in [0.15, 0.2) is 28.7 Å². The van der Waals surface area contributed by atoms with E-state index >= 15 is 0 Å². The second kappa shape index (κ2) is 17.3. The van der Waals surface area contributed by atoms with Gasteiger partial charge in [0.05, 0.1) is 12.2 Å². The minimum Gasteiger partial charge on any atom is -0.462 e. The average molecular weight is 439 g/mol. The molecule has 0 unspecified atom stereocenters. The minimum atomic E-state index is -0.229. The molecule has 1 aromatic carbocycles. The van der Waals surface area contributed by atoms with Crippen molar-refractivity contribution in [3.8, 4) is 0 Å². The molecule has 0 fully saturated rings. The second-order valence-corrected chi connectivity index (χ2v) is 8.42. The van der Waals surface area contributed by atoms with Gasteiger partial charge in [0.2, 0.25) is 0 Å². The molecular weight excluding hydrogens is 400 g/mol. The van der Waals surface area contributed by atoms with Crippen molar-refractivity contribution in [2.75, 3.05) is 6.61 Å². The van der Waals surface area contributed by atoms with Crippen LogP contribution in [0.4, 0.5) is 0 Å². The fourth-order valence-electron chi connectivity index (χ4n) is 3.34. The quantitative estimate of drug-likeness (QED) is 0.180. The Labute approximate surface area is 175 Å². The highest BCUT2D eigenvalue weighted by Gasteiger charge is 2.09. The maximum absolute atomic E-state index is 12.0. The predicted octanol–water partition coefficient (Wildman–Crippen LogP) is 8.48. The number of hydrogen-bond donors (Lipinski definition) is 0. The van der Waals surface area contributed by atoms with Gasteiger partial charge in [0.15, 0.2) is 0 Å². The maximum atomic E-state index is 12.0. The van der Waals surface area contributed by atoms with E-state index in [0.717, 1.165) is 17.3 Å². The van der Waals surface area contributed by atoms with Crippen molar-refractivity contribution in [2.24, 2.45) is 0 Å². The number of benzene rings is 1. The van der Waals surface area contributed by atoms with E-state index in [9.17, 15) is 4.79 Å². The number of unbranched alkanes of at least 4 members (excludes halogenated alkanes) is 14. The van der Waals surface area contributed by atoms with Crippen LogP contribution in [-0.2, 0) is 4.74 Å². The van der Waals surface area contributed by atoms with Crippen LogP contribution in [0.5, 0.6) is 0 Å². The molecule has 0 bridgehead atoms. The third-order valence-electron chi connectivity index (χ3n) is 5.07. The van der Waals surface area contributed by atoms with Gasteiger partial charge in [-0.25, -0.2) is 4.79 Å². The van der Waals surface area contributed by atoms with Crippen LogP contribution in [0.1, 0.15) is 114 Å². The Kier molecular flexibility index (Phi) is 15.5. The summed E-state index contributed by atoms with van der Waals surface area (Å²) in [6, 6.07) is 7.41. The predicted molar refractivity (Wildman–Crippen MR) is 119 cm³/mol. The smallest absolute Gasteiger partial charge is 0.339 e. The number of esters is 1. The fourth-order valence-corrected chi connectivity index (χ4v) is 3.79. The van der Waals surface area contributed by atoms with E-state index in [-0.39, 0.29) is 5.97 Å². The Morgan fingerprint density at radius 2 is 1.19 bits per heavy atom. The Hall–Kier alpha value is -0.830. The van der Waals surface area contributed by atoms with Gasteiger partial charge in [0.1, 0.15) is 0 Å². The zero-order valence-corrected chi connectivity index (χ0v) is 18.9. The Balaban J connectivity index is 1.82. The molecule has 0 radical (unpaired) electrons. The van der Waals surface area contributed by atoms with Crippen LogP contribution in [0, 0.1) is 0 Å². The molecule has 1 rings (SSSR count). The molecule has 0 saturated carbocycles. The fraction of sp³-hybridized carbons (Fsp3) is 0.708. The van der Waals surface area contributed by atoms with E-state index in [4.69, 9.17) is 4.74 Å². The standard InChI is InChI=1S/C24H39BrO2/c1-2-3-4-5-6-7-8-9-10-11-12-13-14-15-18-21-27-24(26)22-19-16-17-20-23(22)25/h16-17,19-20H,2-15,18,21H2,1H3. The average Bonchev–Trinajstić information content (AvgIpc) is 2.68. The summed E-state index contributed by atoms with van der Waals surface area (Å²) < 4.78 is 6.15. The first-order valence-corrected chi connectivity index (χ1v) is 12.0. The van der Waals surface area contributed by atoms with E-state index in [2.05, 4.69) is 22.9 Å². The number of carbonyl (C=O) groups excluding carboxylic acids is 1. The molecule has 0 N–H and O–H groups in total. The van der Waals surface area contributed by atoms with Crippen LogP contribution in [0.2, 0.25) is 0 Å². The number of rotatable bonds is 17. The van der Waals surface area contributed by atoms with Gasteiger partial charge in [-0.1, -0.05) is 109 Å². The lowest BCUT2D eigenvalue weighted by molar-refractivity contribution is 0.0496. The van der Waals surface area contributed by atoms with Crippen LogP contribution in [0.3, 0.4) is 0 Å². The molecule has 0 saturated heterocycles. The Bertz CT molecular complexity index is 487. The van der Waals surface area contributed by atoms with Crippen molar-refractivity contribution in [1.29, 1.82) is 0 Å². The molecule has 0 atom stereocenters. The van der Waals surface area contributed by atoms with Crippen LogP contribution < -0.4 is 0 Å². The minimum absolute atomic E-state index is 0.229. The molecule has 154 valence electrons. The van der Waals surface area contributed by atoms with Gasteiger partial charge in [0.25, 0.3) is 0 Å². The monoisotopic (exact) mass is 438 g/mol. The van der Waals surface area contributed by atoms with Crippen LogP contribution in [-0.4, -0.2) is 12.6 Å². The van der Waals surface area contributed by atoms with E-state index in [1.165, 1.54) is 83.5 Å².